The molecule has 0 bridgehead atoms. The van der Waals surface area contributed by atoms with Gasteiger partial charge in [0.1, 0.15) is 0 Å². The zero-order valence-electron chi connectivity index (χ0n) is 24.2. The van der Waals surface area contributed by atoms with Crippen LogP contribution in [0.4, 0.5) is 0 Å². The van der Waals surface area contributed by atoms with Crippen LogP contribution in [0.2, 0.25) is 0 Å². The number of amides is 1. The van der Waals surface area contributed by atoms with E-state index < -0.39 is 11.1 Å². The minimum atomic E-state index is -0.451. The highest BCUT2D eigenvalue weighted by atomic mass is 32.2. The molecule has 5 aliphatic rings. The summed E-state index contributed by atoms with van der Waals surface area (Å²) in [5.41, 5.74) is 2.51. The van der Waals surface area contributed by atoms with Crippen molar-refractivity contribution in [3.05, 3.63) is 42.0 Å². The standard InChI is InChI=1S/C31H42N6O3S/c1-4-26(38)37-15-14-36(18-22(37)10-12-32)29-24-9-11-31(17-21-16-20(2)7-8-25(21)41-31)28(39)27(24)33-30(34-29)40-19-23-6-5-13-35(23)3/h4,7-8,16,22-24,27,29-30,33-34H,1,5-6,9-11,13-15,17-19H2,2-3H3/t22?,23?,24?,27?,29?,30?,31-/m1/s1. The third-order valence-electron chi connectivity index (χ3n) is 9.92. The molecule has 41 heavy (non-hydrogen) atoms. The molecule has 4 fully saturated rings. The van der Waals surface area contributed by atoms with E-state index in [4.69, 9.17) is 4.74 Å². The number of nitrogens with one attached hydrogen (secondary N) is 2. The molecule has 1 spiro atoms. The van der Waals surface area contributed by atoms with Crippen molar-refractivity contribution in [3.8, 4) is 6.07 Å². The van der Waals surface area contributed by atoms with E-state index in [0.717, 1.165) is 32.2 Å². The van der Waals surface area contributed by atoms with E-state index in [1.807, 2.05) is 0 Å². The fourth-order valence-corrected chi connectivity index (χ4v) is 9.16. The number of ketones is 1. The first-order valence-electron chi connectivity index (χ1n) is 15.0. The number of likely N-dealkylation sites (N-methyl/N-ethyl adjacent to an activating group) is 1. The molecule has 220 valence electrons. The molecule has 9 nitrogen and oxygen atoms in total. The topological polar surface area (TPSA) is 101 Å². The highest BCUT2D eigenvalue weighted by Gasteiger charge is 2.56. The summed E-state index contributed by atoms with van der Waals surface area (Å²) in [5, 5.41) is 16.8. The van der Waals surface area contributed by atoms with Crippen molar-refractivity contribution < 1.29 is 14.3 Å². The van der Waals surface area contributed by atoms with Gasteiger partial charge < -0.3 is 14.5 Å². The number of nitrogens with zero attached hydrogens (tertiary/aromatic N) is 4. The molecule has 2 N–H and O–H groups in total. The van der Waals surface area contributed by atoms with Crippen LogP contribution in [0.15, 0.2) is 35.7 Å². The Hall–Kier alpha value is -2.26. The van der Waals surface area contributed by atoms with Crippen LogP contribution in [0.5, 0.6) is 0 Å². The summed E-state index contributed by atoms with van der Waals surface area (Å²) < 4.78 is 6.01. The van der Waals surface area contributed by atoms with E-state index in [0.29, 0.717) is 32.3 Å². The highest BCUT2D eigenvalue weighted by molar-refractivity contribution is 8.01. The lowest BCUT2D eigenvalue weighted by Crippen LogP contribution is -2.75. The summed E-state index contributed by atoms with van der Waals surface area (Å²) in [7, 11) is 2.14. The first kappa shape index (κ1) is 28.8. The van der Waals surface area contributed by atoms with Crippen LogP contribution in [0.25, 0.3) is 0 Å². The summed E-state index contributed by atoms with van der Waals surface area (Å²) >= 11 is 1.76. The van der Waals surface area contributed by atoms with E-state index in [2.05, 4.69) is 65.3 Å². The van der Waals surface area contributed by atoms with Gasteiger partial charge in [0.15, 0.2) is 12.1 Å². The molecule has 1 amide bonds. The summed E-state index contributed by atoms with van der Waals surface area (Å²) in [6.45, 7) is 9.22. The Morgan fingerprint density at radius 1 is 1.27 bits per heavy atom. The first-order valence-corrected chi connectivity index (χ1v) is 15.8. The van der Waals surface area contributed by atoms with Gasteiger partial charge in [-0.2, -0.15) is 5.26 Å². The Morgan fingerprint density at radius 2 is 2.12 bits per heavy atom. The number of Topliss-reactive ketones (excluding diaryl/α,β-unsaturated/α-hetero) is 1. The van der Waals surface area contributed by atoms with Crippen LogP contribution in [0.3, 0.4) is 0 Å². The number of ether oxygens (including phenoxy) is 1. The lowest BCUT2D eigenvalue weighted by molar-refractivity contribution is -0.144. The molecule has 10 heteroatoms. The smallest absolute Gasteiger partial charge is 0.246 e. The number of hydrogen-bond acceptors (Lipinski definition) is 9. The molecule has 7 atom stereocenters. The lowest BCUT2D eigenvalue weighted by atomic mass is 9.72. The van der Waals surface area contributed by atoms with Crippen LogP contribution in [-0.2, 0) is 20.7 Å². The number of piperazine rings is 1. The van der Waals surface area contributed by atoms with Gasteiger partial charge in [0, 0.05) is 36.5 Å². The number of likely N-dealkylation sites (tertiary alicyclic amines) is 1. The molecule has 3 saturated heterocycles. The van der Waals surface area contributed by atoms with Gasteiger partial charge in [0.25, 0.3) is 0 Å². The number of carbonyl (C=O) groups excluding carboxylic acids is 2. The van der Waals surface area contributed by atoms with E-state index in [9.17, 15) is 14.9 Å². The van der Waals surface area contributed by atoms with Gasteiger partial charge in [0.2, 0.25) is 5.91 Å². The number of carbonyl (C=O) groups is 2. The molecule has 1 aromatic rings. The molecule has 6 unspecified atom stereocenters. The lowest BCUT2D eigenvalue weighted by Gasteiger charge is -2.54. The van der Waals surface area contributed by atoms with Gasteiger partial charge in [-0.25, -0.2) is 0 Å². The van der Waals surface area contributed by atoms with Crippen LogP contribution >= 0.6 is 11.8 Å². The molecule has 1 aromatic carbocycles. The summed E-state index contributed by atoms with van der Waals surface area (Å²) in [4.78, 5) is 34.7. The molecule has 4 heterocycles. The molecular weight excluding hydrogens is 536 g/mol. The van der Waals surface area contributed by atoms with Crippen molar-refractivity contribution in [2.24, 2.45) is 5.92 Å². The molecule has 1 aliphatic carbocycles. The van der Waals surface area contributed by atoms with E-state index in [1.54, 1.807) is 16.7 Å². The molecular formula is C31H42N6O3S. The van der Waals surface area contributed by atoms with Crippen molar-refractivity contribution in [1.82, 2.24) is 25.3 Å². The molecule has 6 rings (SSSR count). The van der Waals surface area contributed by atoms with E-state index in [1.165, 1.54) is 28.5 Å². The number of benzene rings is 1. The Kier molecular flexibility index (Phi) is 8.29. The third-order valence-corrected chi connectivity index (χ3v) is 11.5. The number of fused-ring (bicyclic) bond motifs is 2. The second-order valence-corrected chi connectivity index (χ2v) is 13.9. The predicted octanol–water partition coefficient (Wildman–Crippen LogP) is 2.26. The minimum Gasteiger partial charge on any atom is -0.348 e. The Balaban J connectivity index is 1.24. The van der Waals surface area contributed by atoms with Crippen molar-refractivity contribution in [3.63, 3.8) is 0 Å². The van der Waals surface area contributed by atoms with Crippen molar-refractivity contribution >= 4 is 23.5 Å². The summed E-state index contributed by atoms with van der Waals surface area (Å²) in [6.07, 6.45) is 5.87. The minimum absolute atomic E-state index is 0.0672. The first-order chi connectivity index (χ1) is 19.8. The maximum absolute atomic E-state index is 14.5. The Morgan fingerprint density at radius 3 is 2.88 bits per heavy atom. The molecule has 0 aromatic heterocycles. The predicted molar refractivity (Wildman–Crippen MR) is 158 cm³/mol. The average Bonchev–Trinajstić information content (AvgIpc) is 3.56. The largest absolute Gasteiger partial charge is 0.348 e. The Labute approximate surface area is 247 Å². The number of hydrogen-bond donors (Lipinski definition) is 2. The maximum Gasteiger partial charge on any atom is 0.246 e. The molecule has 1 saturated carbocycles. The number of thioether (sulfide) groups is 1. The number of aryl methyl sites for hydroxylation is 1. The van der Waals surface area contributed by atoms with Gasteiger partial charge >= 0.3 is 0 Å². The third kappa shape index (κ3) is 5.49. The second-order valence-electron chi connectivity index (χ2n) is 12.4. The molecule has 0 radical (unpaired) electrons. The second kappa shape index (κ2) is 11.8. The quantitative estimate of drug-likeness (QED) is 0.493. The average molecular weight is 579 g/mol. The van der Waals surface area contributed by atoms with Gasteiger partial charge in [-0.05, 0) is 70.3 Å². The van der Waals surface area contributed by atoms with Gasteiger partial charge in [-0.3, -0.25) is 25.1 Å². The highest BCUT2D eigenvalue weighted by Crippen LogP contribution is 2.53. The normalized spacial score (nSPS) is 35.7. The summed E-state index contributed by atoms with van der Waals surface area (Å²) in [6, 6.07) is 8.65. The zero-order chi connectivity index (χ0) is 28.7. The van der Waals surface area contributed by atoms with E-state index in [-0.39, 0.29) is 42.3 Å². The zero-order valence-corrected chi connectivity index (χ0v) is 25.0. The van der Waals surface area contributed by atoms with Gasteiger partial charge in [0.05, 0.1) is 42.1 Å². The SMILES string of the molecule is C=CC(=O)N1CCN(C2NC(OCC3CCCN3C)NC3C(=O)[C@@]4(CCC32)Cc2cc(C)ccc2S4)CC1CC#N. The van der Waals surface area contributed by atoms with Crippen LogP contribution < -0.4 is 10.6 Å². The van der Waals surface area contributed by atoms with Crippen molar-refractivity contribution in [1.29, 1.82) is 5.26 Å². The van der Waals surface area contributed by atoms with Crippen molar-refractivity contribution in [2.45, 2.75) is 85.7 Å². The number of rotatable bonds is 6. The Bertz CT molecular complexity index is 1240. The van der Waals surface area contributed by atoms with E-state index >= 15 is 0 Å². The number of nitriles is 1. The fourth-order valence-electron chi connectivity index (χ4n) is 7.66. The van der Waals surface area contributed by atoms with Crippen molar-refractivity contribution in [2.75, 3.05) is 39.8 Å². The van der Waals surface area contributed by atoms with Crippen LogP contribution in [0.1, 0.15) is 43.2 Å². The monoisotopic (exact) mass is 578 g/mol. The van der Waals surface area contributed by atoms with Gasteiger partial charge in [-0.1, -0.05) is 24.3 Å². The molecule has 4 aliphatic heterocycles. The maximum atomic E-state index is 14.5. The fraction of sp³-hybridized carbons (Fsp3) is 0.645. The summed E-state index contributed by atoms with van der Waals surface area (Å²) in [5.74, 6) is 0.211. The van der Waals surface area contributed by atoms with Gasteiger partial charge in [-0.15, -0.1) is 11.8 Å². The van der Waals surface area contributed by atoms with Crippen LogP contribution in [0, 0.1) is 24.2 Å². The van der Waals surface area contributed by atoms with Crippen LogP contribution in [-0.4, -0.2) is 102 Å².